The van der Waals surface area contributed by atoms with Gasteiger partial charge in [0.2, 0.25) is 0 Å². The third kappa shape index (κ3) is 0.739. The van der Waals surface area contributed by atoms with E-state index >= 15 is 0 Å². The minimum atomic E-state index is 0.752. The molecule has 1 fully saturated rings. The zero-order chi connectivity index (χ0) is 7.97. The van der Waals surface area contributed by atoms with Gasteiger partial charge in [-0.05, 0) is 24.5 Å². The Kier molecular flexibility index (Phi) is 1.23. The Bertz CT molecular complexity index is 306. The van der Waals surface area contributed by atoms with Crippen LogP contribution in [0.15, 0.2) is 24.3 Å². The highest BCUT2D eigenvalue weighted by Gasteiger charge is 2.34. The third-order valence-corrected chi connectivity index (χ3v) is 3.22. The average molecular weight is 159 g/mol. The quantitative estimate of drug-likeness (QED) is 0.613. The molecular formula is C11H13N. The maximum Gasteiger partial charge on any atom is 0.0378 e. The molecule has 1 heteroatoms. The smallest absolute Gasteiger partial charge is 0.0378 e. The van der Waals surface area contributed by atoms with Crippen LogP contribution in [0.2, 0.25) is 0 Å². The second-order valence-corrected chi connectivity index (χ2v) is 3.88. The summed E-state index contributed by atoms with van der Waals surface area (Å²) in [6.07, 6.45) is 4.14. The van der Waals surface area contributed by atoms with Crippen molar-refractivity contribution in [2.45, 2.75) is 31.2 Å². The lowest BCUT2D eigenvalue weighted by atomic mass is 9.98. The highest BCUT2D eigenvalue weighted by Crippen LogP contribution is 2.44. The molecule has 0 amide bonds. The Balaban J connectivity index is 2.09. The molecule has 2 aliphatic rings. The third-order valence-electron chi connectivity index (χ3n) is 3.22. The molecule has 1 heterocycles. The Morgan fingerprint density at radius 1 is 1.17 bits per heavy atom. The van der Waals surface area contributed by atoms with Gasteiger partial charge in [-0.25, -0.2) is 0 Å². The van der Waals surface area contributed by atoms with Crippen molar-refractivity contribution < 1.29 is 0 Å². The van der Waals surface area contributed by atoms with Gasteiger partial charge in [0, 0.05) is 17.6 Å². The molecule has 62 valence electrons. The van der Waals surface area contributed by atoms with Crippen LogP contribution in [0.3, 0.4) is 0 Å². The molecule has 0 spiro atoms. The lowest BCUT2D eigenvalue weighted by Gasteiger charge is -2.07. The summed E-state index contributed by atoms with van der Waals surface area (Å²) in [6.45, 7) is 0. The molecule has 0 radical (unpaired) electrons. The second-order valence-electron chi connectivity index (χ2n) is 3.88. The molecule has 1 aliphatic heterocycles. The number of nitrogens with one attached hydrogen (secondary N) is 1. The van der Waals surface area contributed by atoms with Crippen molar-refractivity contribution in [2.75, 3.05) is 5.32 Å². The van der Waals surface area contributed by atoms with Gasteiger partial charge in [0.25, 0.3) is 0 Å². The normalized spacial score (nSPS) is 31.0. The summed E-state index contributed by atoms with van der Waals surface area (Å²) >= 11 is 0. The van der Waals surface area contributed by atoms with Crippen molar-refractivity contribution >= 4 is 5.69 Å². The molecule has 1 aromatic carbocycles. The van der Waals surface area contributed by atoms with Crippen molar-refractivity contribution in [3.8, 4) is 0 Å². The molecule has 0 aromatic heterocycles. The molecule has 0 saturated heterocycles. The largest absolute Gasteiger partial charge is 0.381 e. The number of anilines is 1. The molecule has 1 aromatic rings. The molecule has 12 heavy (non-hydrogen) atoms. The van der Waals surface area contributed by atoms with E-state index in [9.17, 15) is 0 Å². The topological polar surface area (TPSA) is 12.0 Å². The molecule has 1 nitrogen and oxygen atoms in total. The Morgan fingerprint density at radius 2 is 2.08 bits per heavy atom. The van der Waals surface area contributed by atoms with E-state index in [4.69, 9.17) is 0 Å². The van der Waals surface area contributed by atoms with E-state index in [-0.39, 0.29) is 0 Å². The fourth-order valence-corrected chi connectivity index (χ4v) is 2.66. The van der Waals surface area contributed by atoms with Crippen LogP contribution >= 0.6 is 0 Å². The molecule has 3 rings (SSSR count). The summed E-state index contributed by atoms with van der Waals surface area (Å²) < 4.78 is 0. The zero-order valence-corrected chi connectivity index (χ0v) is 7.09. The fraction of sp³-hybridized carbons (Fsp3) is 0.455. The number of fused-ring (bicyclic) bond motifs is 3. The number of benzene rings is 1. The maximum atomic E-state index is 3.60. The van der Waals surface area contributed by atoms with E-state index in [1.807, 2.05) is 0 Å². The van der Waals surface area contributed by atoms with Gasteiger partial charge >= 0.3 is 0 Å². The van der Waals surface area contributed by atoms with Crippen LogP contribution in [0.5, 0.6) is 0 Å². The monoisotopic (exact) mass is 159 g/mol. The minimum absolute atomic E-state index is 0.752. The van der Waals surface area contributed by atoms with Gasteiger partial charge in [0.1, 0.15) is 0 Å². The lowest BCUT2D eigenvalue weighted by Crippen LogP contribution is -2.13. The highest BCUT2D eigenvalue weighted by molar-refractivity contribution is 5.59. The van der Waals surface area contributed by atoms with Gasteiger partial charge in [-0.3, -0.25) is 0 Å². The van der Waals surface area contributed by atoms with E-state index in [0.29, 0.717) is 0 Å². The molecular weight excluding hydrogens is 146 g/mol. The van der Waals surface area contributed by atoms with Gasteiger partial charge < -0.3 is 5.32 Å². The first-order chi connectivity index (χ1) is 5.95. The molecule has 1 aliphatic carbocycles. The Hall–Kier alpha value is -0.980. The molecule has 0 bridgehead atoms. The fourth-order valence-electron chi connectivity index (χ4n) is 2.66. The van der Waals surface area contributed by atoms with Crippen molar-refractivity contribution in [3.05, 3.63) is 29.8 Å². The van der Waals surface area contributed by atoms with Gasteiger partial charge in [-0.2, -0.15) is 0 Å². The number of hydrogen-bond donors (Lipinski definition) is 1. The van der Waals surface area contributed by atoms with Crippen LogP contribution in [0.1, 0.15) is 30.7 Å². The molecule has 2 atom stereocenters. The highest BCUT2D eigenvalue weighted by atomic mass is 15.0. The number of rotatable bonds is 0. The Morgan fingerprint density at radius 3 is 3.08 bits per heavy atom. The predicted octanol–water partition coefficient (Wildman–Crippen LogP) is 2.75. The van der Waals surface area contributed by atoms with Crippen molar-refractivity contribution in [3.63, 3.8) is 0 Å². The van der Waals surface area contributed by atoms with E-state index < -0.39 is 0 Å². The lowest BCUT2D eigenvalue weighted by molar-refractivity contribution is 0.689. The summed E-state index contributed by atoms with van der Waals surface area (Å²) in [5, 5.41) is 3.60. The first-order valence-corrected chi connectivity index (χ1v) is 4.80. The summed E-state index contributed by atoms with van der Waals surface area (Å²) in [7, 11) is 0. The molecule has 1 N–H and O–H groups in total. The average Bonchev–Trinajstić information content (AvgIpc) is 2.62. The van der Waals surface area contributed by atoms with Gasteiger partial charge in [0.05, 0.1) is 0 Å². The van der Waals surface area contributed by atoms with E-state index in [1.54, 1.807) is 5.56 Å². The van der Waals surface area contributed by atoms with Crippen molar-refractivity contribution in [2.24, 2.45) is 0 Å². The standard InChI is InChI=1S/C11H13N/c1-2-6-10-8(4-1)9-5-3-7-11(9)12-10/h1-2,4,6,9,11-12H,3,5,7H2/t9-,11+/m1/s1. The van der Waals surface area contributed by atoms with Crippen molar-refractivity contribution in [1.82, 2.24) is 0 Å². The Labute approximate surface area is 72.8 Å². The SMILES string of the molecule is c1ccc2c(c1)N[C@H]1CCC[C@H]21. The molecule has 1 saturated carbocycles. The molecule has 0 unspecified atom stereocenters. The van der Waals surface area contributed by atoms with Gasteiger partial charge in [-0.1, -0.05) is 24.6 Å². The minimum Gasteiger partial charge on any atom is -0.381 e. The van der Waals surface area contributed by atoms with Crippen molar-refractivity contribution in [1.29, 1.82) is 0 Å². The first kappa shape index (κ1) is 6.53. The summed E-state index contributed by atoms with van der Waals surface area (Å²) in [5.41, 5.74) is 2.94. The van der Waals surface area contributed by atoms with Crippen LogP contribution in [0.25, 0.3) is 0 Å². The van der Waals surface area contributed by atoms with Crippen LogP contribution in [-0.4, -0.2) is 6.04 Å². The van der Waals surface area contributed by atoms with E-state index in [1.165, 1.54) is 24.9 Å². The van der Waals surface area contributed by atoms with Crippen LogP contribution in [-0.2, 0) is 0 Å². The van der Waals surface area contributed by atoms with E-state index in [0.717, 1.165) is 12.0 Å². The maximum absolute atomic E-state index is 3.60. The van der Waals surface area contributed by atoms with E-state index in [2.05, 4.69) is 29.6 Å². The summed E-state index contributed by atoms with van der Waals surface area (Å²) in [4.78, 5) is 0. The predicted molar refractivity (Wildman–Crippen MR) is 50.4 cm³/mol. The van der Waals surface area contributed by atoms with Crippen LogP contribution in [0.4, 0.5) is 5.69 Å². The summed E-state index contributed by atoms with van der Waals surface area (Å²) in [6, 6.07) is 9.50. The van der Waals surface area contributed by atoms with Gasteiger partial charge in [-0.15, -0.1) is 0 Å². The van der Waals surface area contributed by atoms with Crippen LogP contribution < -0.4 is 5.32 Å². The zero-order valence-electron chi connectivity index (χ0n) is 7.09. The number of hydrogen-bond acceptors (Lipinski definition) is 1. The van der Waals surface area contributed by atoms with Crippen LogP contribution in [0, 0.1) is 0 Å². The van der Waals surface area contributed by atoms with Gasteiger partial charge in [0.15, 0.2) is 0 Å². The first-order valence-electron chi connectivity index (χ1n) is 4.80. The second kappa shape index (κ2) is 2.25. The summed E-state index contributed by atoms with van der Waals surface area (Å²) in [5.74, 6) is 0.821. The number of para-hydroxylation sites is 1.